The smallest absolute Gasteiger partial charge is 0.347 e. The van der Waals surface area contributed by atoms with Crippen molar-refractivity contribution in [3.05, 3.63) is 0 Å². The number of hydrogen-bond acceptors (Lipinski definition) is 5. The molecular formula is C10H25O5PSi. The van der Waals surface area contributed by atoms with Gasteiger partial charge in [-0.2, -0.15) is 0 Å². The molecule has 0 amide bonds. The summed E-state index contributed by atoms with van der Waals surface area (Å²) in [6.07, 6.45) is 0. The van der Waals surface area contributed by atoms with Gasteiger partial charge < -0.3 is 18.2 Å². The van der Waals surface area contributed by atoms with Crippen molar-refractivity contribution in [3.8, 4) is 0 Å². The SMILES string of the molecule is CCOC(OCC)P(=O)(OCC)O[Si](C)(C)C. The molecule has 1 unspecified atom stereocenters. The fraction of sp³-hybridized carbons (Fsp3) is 1.00. The van der Waals surface area contributed by atoms with Crippen molar-refractivity contribution in [1.82, 2.24) is 0 Å². The molecule has 0 radical (unpaired) electrons. The van der Waals surface area contributed by atoms with Crippen LogP contribution >= 0.6 is 7.60 Å². The Bertz CT molecular complexity index is 248. The van der Waals surface area contributed by atoms with Crippen LogP contribution in [0.1, 0.15) is 20.8 Å². The highest BCUT2D eigenvalue weighted by molar-refractivity contribution is 7.55. The normalized spacial score (nSPS) is 16.2. The van der Waals surface area contributed by atoms with E-state index in [1.807, 2.05) is 33.5 Å². The molecule has 0 spiro atoms. The first-order valence-electron chi connectivity index (χ1n) is 5.97. The van der Waals surface area contributed by atoms with Crippen molar-refractivity contribution in [1.29, 1.82) is 0 Å². The highest BCUT2D eigenvalue weighted by Crippen LogP contribution is 2.55. The van der Waals surface area contributed by atoms with Gasteiger partial charge in [0.2, 0.25) is 0 Å². The summed E-state index contributed by atoms with van der Waals surface area (Å²) >= 11 is 0. The first-order chi connectivity index (χ1) is 7.79. The average molecular weight is 284 g/mol. The first kappa shape index (κ1) is 17.3. The molecule has 0 aliphatic heterocycles. The summed E-state index contributed by atoms with van der Waals surface area (Å²) in [6, 6.07) is -0.927. The molecule has 104 valence electrons. The minimum atomic E-state index is -3.37. The summed E-state index contributed by atoms with van der Waals surface area (Å²) in [6.45, 7) is 12.4. The molecule has 0 aromatic rings. The van der Waals surface area contributed by atoms with Crippen molar-refractivity contribution in [3.63, 3.8) is 0 Å². The lowest BCUT2D eigenvalue weighted by atomic mass is 10.9. The van der Waals surface area contributed by atoms with Crippen LogP contribution < -0.4 is 0 Å². The zero-order chi connectivity index (χ0) is 13.5. The number of rotatable bonds is 9. The molecule has 7 heteroatoms. The minimum absolute atomic E-state index is 0.304. The predicted molar refractivity (Wildman–Crippen MR) is 70.7 cm³/mol. The van der Waals surface area contributed by atoms with Gasteiger partial charge in [-0.15, -0.1) is 0 Å². The Hall–Kier alpha value is 0.287. The van der Waals surface area contributed by atoms with E-state index in [0.29, 0.717) is 19.8 Å². The lowest BCUT2D eigenvalue weighted by Gasteiger charge is -2.30. The van der Waals surface area contributed by atoms with E-state index in [1.54, 1.807) is 6.92 Å². The third-order valence-electron chi connectivity index (χ3n) is 1.59. The molecular weight excluding hydrogens is 259 g/mol. The average Bonchev–Trinajstić information content (AvgIpc) is 2.15. The summed E-state index contributed by atoms with van der Waals surface area (Å²) in [5.41, 5.74) is 0. The van der Waals surface area contributed by atoms with Crippen LogP contribution in [-0.2, 0) is 22.8 Å². The Labute approximate surface area is 105 Å². The van der Waals surface area contributed by atoms with Crippen LogP contribution in [0.15, 0.2) is 0 Å². The Kier molecular flexibility index (Phi) is 7.79. The summed E-state index contributed by atoms with van der Waals surface area (Å²) in [5.74, 6) is 0. The molecule has 5 nitrogen and oxygen atoms in total. The van der Waals surface area contributed by atoms with E-state index in [2.05, 4.69) is 0 Å². The first-order valence-corrected chi connectivity index (χ1v) is 11.0. The van der Waals surface area contributed by atoms with E-state index >= 15 is 0 Å². The largest absolute Gasteiger partial charge is 0.376 e. The van der Waals surface area contributed by atoms with Crippen molar-refractivity contribution >= 4 is 15.9 Å². The van der Waals surface area contributed by atoms with Crippen LogP contribution in [0.3, 0.4) is 0 Å². The quantitative estimate of drug-likeness (QED) is 0.369. The second-order valence-corrected chi connectivity index (χ2v) is 11.1. The van der Waals surface area contributed by atoms with Gasteiger partial charge in [0.1, 0.15) is 0 Å². The zero-order valence-electron chi connectivity index (χ0n) is 11.7. The van der Waals surface area contributed by atoms with Gasteiger partial charge in [0.15, 0.2) is 8.32 Å². The number of ether oxygens (including phenoxy) is 2. The summed E-state index contributed by atoms with van der Waals surface area (Å²) < 4.78 is 34.3. The van der Waals surface area contributed by atoms with E-state index in [9.17, 15) is 4.57 Å². The van der Waals surface area contributed by atoms with Crippen LogP contribution in [0.4, 0.5) is 0 Å². The van der Waals surface area contributed by atoms with Gasteiger partial charge in [0.25, 0.3) is 6.03 Å². The summed E-state index contributed by atoms with van der Waals surface area (Å²) in [5, 5.41) is 0. The predicted octanol–water partition coefficient (Wildman–Crippen LogP) is 3.42. The molecule has 0 saturated carbocycles. The van der Waals surface area contributed by atoms with Crippen LogP contribution in [0.2, 0.25) is 19.6 Å². The maximum atomic E-state index is 12.6. The van der Waals surface area contributed by atoms with Crippen LogP contribution in [-0.4, -0.2) is 34.2 Å². The van der Waals surface area contributed by atoms with Gasteiger partial charge in [0, 0.05) is 13.2 Å². The second-order valence-electron chi connectivity index (χ2n) is 4.38. The van der Waals surface area contributed by atoms with Gasteiger partial charge in [-0.1, -0.05) is 0 Å². The van der Waals surface area contributed by atoms with E-state index in [0.717, 1.165) is 0 Å². The Morgan fingerprint density at radius 3 is 1.76 bits per heavy atom. The maximum Gasteiger partial charge on any atom is 0.376 e. The van der Waals surface area contributed by atoms with Crippen LogP contribution in [0.5, 0.6) is 0 Å². The molecule has 0 aromatic carbocycles. The van der Waals surface area contributed by atoms with Crippen molar-refractivity contribution in [2.45, 2.75) is 46.4 Å². The fourth-order valence-electron chi connectivity index (χ4n) is 1.21. The minimum Gasteiger partial charge on any atom is -0.347 e. The van der Waals surface area contributed by atoms with E-state index in [1.165, 1.54) is 0 Å². The van der Waals surface area contributed by atoms with E-state index in [4.69, 9.17) is 18.2 Å². The van der Waals surface area contributed by atoms with Gasteiger partial charge >= 0.3 is 7.60 Å². The molecule has 0 aliphatic carbocycles. The zero-order valence-corrected chi connectivity index (χ0v) is 13.6. The van der Waals surface area contributed by atoms with Crippen molar-refractivity contribution in [2.24, 2.45) is 0 Å². The lowest BCUT2D eigenvalue weighted by molar-refractivity contribution is -0.0951. The van der Waals surface area contributed by atoms with Crippen LogP contribution in [0.25, 0.3) is 0 Å². The number of hydrogen-bond donors (Lipinski definition) is 0. The van der Waals surface area contributed by atoms with Gasteiger partial charge in [-0.05, 0) is 40.4 Å². The Balaban J connectivity index is 4.92. The Morgan fingerprint density at radius 1 is 1.00 bits per heavy atom. The molecule has 0 bridgehead atoms. The van der Waals surface area contributed by atoms with Gasteiger partial charge in [0.05, 0.1) is 6.61 Å². The fourth-order valence-corrected chi connectivity index (χ4v) is 5.96. The Morgan fingerprint density at radius 2 is 1.47 bits per heavy atom. The molecule has 0 heterocycles. The molecule has 0 saturated heterocycles. The molecule has 0 aromatic heterocycles. The third-order valence-corrected chi connectivity index (χ3v) is 6.23. The maximum absolute atomic E-state index is 12.6. The monoisotopic (exact) mass is 284 g/mol. The standard InChI is InChI=1S/C10H25O5PSi/c1-7-12-10(13-8-2)16(11,14-9-3)15-17(4,5)6/h10H,7-9H2,1-6H3. The molecule has 0 N–H and O–H groups in total. The molecule has 17 heavy (non-hydrogen) atoms. The molecule has 1 atom stereocenters. The van der Waals surface area contributed by atoms with Gasteiger partial charge in [-0.25, -0.2) is 0 Å². The van der Waals surface area contributed by atoms with Gasteiger partial charge in [-0.3, -0.25) is 4.57 Å². The second kappa shape index (κ2) is 7.66. The molecule has 0 rings (SSSR count). The van der Waals surface area contributed by atoms with E-state index < -0.39 is 21.9 Å². The van der Waals surface area contributed by atoms with E-state index in [-0.39, 0.29) is 0 Å². The third kappa shape index (κ3) is 6.69. The van der Waals surface area contributed by atoms with Crippen molar-refractivity contribution < 1.29 is 22.8 Å². The summed E-state index contributed by atoms with van der Waals surface area (Å²) in [7, 11) is -5.37. The highest BCUT2D eigenvalue weighted by Gasteiger charge is 2.41. The molecule has 0 aliphatic rings. The van der Waals surface area contributed by atoms with Crippen LogP contribution in [0, 0.1) is 0 Å². The molecule has 0 fully saturated rings. The summed E-state index contributed by atoms with van der Waals surface area (Å²) in [4.78, 5) is 0. The van der Waals surface area contributed by atoms with Crippen molar-refractivity contribution in [2.75, 3.05) is 19.8 Å². The topological polar surface area (TPSA) is 54.0 Å². The highest BCUT2D eigenvalue weighted by atomic mass is 31.2. The lowest BCUT2D eigenvalue weighted by Crippen LogP contribution is -2.30.